The van der Waals surface area contributed by atoms with E-state index in [-0.39, 0.29) is 22.1 Å². The summed E-state index contributed by atoms with van der Waals surface area (Å²) in [4.78, 5) is 24.1. The molecule has 0 saturated carbocycles. The van der Waals surface area contributed by atoms with Crippen molar-refractivity contribution in [3.63, 3.8) is 0 Å². The Bertz CT molecular complexity index is 1380. The standard InChI is InChI=1S/C25H25N3O8S/c1-33-20-9-7-8-19(15-20)28(37(31,32)21-10-5-4-6-11-21)17-24(29)27-26-16-18-12-13-22(23(14-18)34-2)36-25(30)35-3/h4-16H,17H2,1-3H3,(H,27,29)/b26-16-. The van der Waals surface area contributed by atoms with Crippen LogP contribution in [0.5, 0.6) is 17.2 Å². The number of amides is 1. The summed E-state index contributed by atoms with van der Waals surface area (Å²) in [6.45, 7) is -0.545. The van der Waals surface area contributed by atoms with Gasteiger partial charge in [-0.1, -0.05) is 24.3 Å². The molecule has 0 aliphatic rings. The van der Waals surface area contributed by atoms with Crippen LogP contribution in [-0.2, 0) is 19.6 Å². The largest absolute Gasteiger partial charge is 0.513 e. The van der Waals surface area contributed by atoms with Crippen LogP contribution in [0.3, 0.4) is 0 Å². The highest BCUT2D eigenvalue weighted by Gasteiger charge is 2.27. The fourth-order valence-corrected chi connectivity index (χ4v) is 4.56. The van der Waals surface area contributed by atoms with E-state index in [0.717, 1.165) is 4.31 Å². The van der Waals surface area contributed by atoms with Gasteiger partial charge < -0.3 is 18.9 Å². The van der Waals surface area contributed by atoms with Gasteiger partial charge in [-0.3, -0.25) is 9.10 Å². The number of sulfonamides is 1. The highest BCUT2D eigenvalue weighted by molar-refractivity contribution is 7.92. The second-order valence-corrected chi connectivity index (χ2v) is 9.15. The molecule has 0 bridgehead atoms. The van der Waals surface area contributed by atoms with E-state index in [1.807, 2.05) is 0 Å². The molecule has 0 saturated heterocycles. The Kier molecular flexibility index (Phi) is 9.05. The number of benzene rings is 3. The first-order valence-corrected chi connectivity index (χ1v) is 12.2. The van der Waals surface area contributed by atoms with Crippen LogP contribution in [0.2, 0.25) is 0 Å². The van der Waals surface area contributed by atoms with E-state index < -0.39 is 28.6 Å². The summed E-state index contributed by atoms with van der Waals surface area (Å²) in [6, 6.07) is 18.7. The molecule has 0 heterocycles. The lowest BCUT2D eigenvalue weighted by Gasteiger charge is -2.24. The molecule has 1 amide bonds. The Morgan fingerprint density at radius 2 is 1.68 bits per heavy atom. The predicted octanol–water partition coefficient (Wildman–Crippen LogP) is 3.19. The van der Waals surface area contributed by atoms with Crippen LogP contribution < -0.4 is 23.9 Å². The van der Waals surface area contributed by atoms with Crippen molar-refractivity contribution in [3.8, 4) is 17.2 Å². The molecular weight excluding hydrogens is 502 g/mol. The minimum atomic E-state index is -4.08. The summed E-state index contributed by atoms with van der Waals surface area (Å²) in [5.41, 5.74) is 3.08. The van der Waals surface area contributed by atoms with E-state index in [9.17, 15) is 18.0 Å². The molecule has 37 heavy (non-hydrogen) atoms. The zero-order chi connectivity index (χ0) is 26.8. The number of nitrogens with one attached hydrogen (secondary N) is 1. The molecule has 0 aliphatic carbocycles. The van der Waals surface area contributed by atoms with E-state index in [0.29, 0.717) is 11.3 Å². The molecule has 1 N–H and O–H groups in total. The van der Waals surface area contributed by atoms with E-state index in [2.05, 4.69) is 15.3 Å². The van der Waals surface area contributed by atoms with Gasteiger partial charge >= 0.3 is 6.16 Å². The van der Waals surface area contributed by atoms with Crippen LogP contribution in [0.25, 0.3) is 0 Å². The third-order valence-electron chi connectivity index (χ3n) is 4.91. The Hall–Kier alpha value is -4.58. The Labute approximate surface area is 214 Å². The van der Waals surface area contributed by atoms with Crippen molar-refractivity contribution >= 4 is 34.0 Å². The molecule has 0 aliphatic heterocycles. The quantitative estimate of drug-likeness (QED) is 0.184. The predicted molar refractivity (Wildman–Crippen MR) is 136 cm³/mol. The van der Waals surface area contributed by atoms with E-state index in [1.165, 1.54) is 57.9 Å². The zero-order valence-electron chi connectivity index (χ0n) is 20.3. The molecule has 0 aromatic heterocycles. The van der Waals surface area contributed by atoms with Crippen molar-refractivity contribution in [3.05, 3.63) is 78.4 Å². The third-order valence-corrected chi connectivity index (χ3v) is 6.70. The van der Waals surface area contributed by atoms with Gasteiger partial charge in [0, 0.05) is 6.07 Å². The Morgan fingerprint density at radius 1 is 0.919 bits per heavy atom. The van der Waals surface area contributed by atoms with Crippen LogP contribution in [0.1, 0.15) is 5.56 Å². The van der Waals surface area contributed by atoms with Crippen LogP contribution in [0, 0.1) is 0 Å². The van der Waals surface area contributed by atoms with Gasteiger partial charge in [-0.15, -0.1) is 0 Å². The van der Waals surface area contributed by atoms with Gasteiger partial charge in [0.2, 0.25) is 0 Å². The lowest BCUT2D eigenvalue weighted by atomic mass is 10.2. The molecule has 3 rings (SSSR count). The average molecular weight is 528 g/mol. The van der Waals surface area contributed by atoms with Crippen molar-refractivity contribution in [2.75, 3.05) is 32.2 Å². The Morgan fingerprint density at radius 3 is 2.35 bits per heavy atom. The Balaban J connectivity index is 1.79. The lowest BCUT2D eigenvalue weighted by molar-refractivity contribution is -0.119. The van der Waals surface area contributed by atoms with Crippen molar-refractivity contribution in [2.45, 2.75) is 4.90 Å². The number of hydrogen-bond donors (Lipinski definition) is 1. The van der Waals surface area contributed by atoms with Crippen molar-refractivity contribution in [2.24, 2.45) is 5.10 Å². The van der Waals surface area contributed by atoms with Gasteiger partial charge in [-0.05, 0) is 48.0 Å². The highest BCUT2D eigenvalue weighted by atomic mass is 32.2. The number of anilines is 1. The number of ether oxygens (including phenoxy) is 4. The summed E-state index contributed by atoms with van der Waals surface area (Å²) in [5, 5.41) is 3.90. The van der Waals surface area contributed by atoms with E-state index >= 15 is 0 Å². The van der Waals surface area contributed by atoms with E-state index in [4.69, 9.17) is 14.2 Å². The maximum Gasteiger partial charge on any atom is 0.513 e. The topological polar surface area (TPSA) is 133 Å². The maximum atomic E-state index is 13.4. The first-order valence-electron chi connectivity index (χ1n) is 10.8. The number of carbonyl (C=O) groups is 2. The number of carbonyl (C=O) groups excluding carboxylic acids is 2. The monoisotopic (exact) mass is 527 g/mol. The lowest BCUT2D eigenvalue weighted by Crippen LogP contribution is -2.39. The second kappa shape index (κ2) is 12.4. The smallest absolute Gasteiger partial charge is 0.497 e. The molecule has 12 heteroatoms. The summed E-state index contributed by atoms with van der Waals surface area (Å²) < 4.78 is 47.6. The van der Waals surface area contributed by atoms with Gasteiger partial charge in [-0.2, -0.15) is 5.10 Å². The summed E-state index contributed by atoms with van der Waals surface area (Å²) in [5.74, 6) is 0.114. The number of rotatable bonds is 10. The van der Waals surface area contributed by atoms with Gasteiger partial charge in [0.15, 0.2) is 11.5 Å². The molecule has 3 aromatic rings. The molecule has 0 unspecified atom stereocenters. The average Bonchev–Trinajstić information content (AvgIpc) is 2.92. The van der Waals surface area contributed by atoms with Crippen molar-refractivity contribution in [1.82, 2.24) is 5.43 Å². The summed E-state index contributed by atoms with van der Waals surface area (Å²) >= 11 is 0. The number of hydrogen-bond acceptors (Lipinski definition) is 9. The summed E-state index contributed by atoms with van der Waals surface area (Å²) in [7, 11) is -0.0515. The van der Waals surface area contributed by atoms with Gasteiger partial charge in [0.25, 0.3) is 15.9 Å². The first kappa shape index (κ1) is 27.0. The first-order chi connectivity index (χ1) is 17.8. The number of nitrogens with zero attached hydrogens (tertiary/aromatic N) is 2. The number of hydrazone groups is 1. The molecule has 3 aromatic carbocycles. The van der Waals surface area contributed by atoms with Crippen molar-refractivity contribution in [1.29, 1.82) is 0 Å². The van der Waals surface area contributed by atoms with E-state index in [1.54, 1.807) is 42.5 Å². The summed E-state index contributed by atoms with van der Waals surface area (Å²) in [6.07, 6.45) is 0.419. The molecule has 0 spiro atoms. The SMILES string of the molecule is COC(=O)Oc1ccc(/C=N\NC(=O)CN(c2cccc(OC)c2)S(=O)(=O)c2ccccc2)cc1OC. The van der Waals surface area contributed by atoms with Gasteiger partial charge in [0.1, 0.15) is 12.3 Å². The normalized spacial score (nSPS) is 11.0. The van der Waals surface area contributed by atoms with Crippen LogP contribution in [-0.4, -0.2) is 54.6 Å². The minimum absolute atomic E-state index is 0.0236. The van der Waals surface area contributed by atoms with Gasteiger partial charge in [0.05, 0.1) is 38.1 Å². The van der Waals surface area contributed by atoms with Gasteiger partial charge in [-0.25, -0.2) is 18.6 Å². The number of methoxy groups -OCH3 is 3. The molecular formula is C25H25N3O8S. The third kappa shape index (κ3) is 6.98. The van der Waals surface area contributed by atoms with Crippen LogP contribution >= 0.6 is 0 Å². The molecule has 194 valence electrons. The van der Waals surface area contributed by atoms with Crippen molar-refractivity contribution < 1.29 is 37.0 Å². The van der Waals surface area contributed by atoms with Crippen LogP contribution in [0.15, 0.2) is 82.8 Å². The zero-order valence-corrected chi connectivity index (χ0v) is 21.1. The fraction of sp³-hybridized carbons (Fsp3) is 0.160. The molecule has 0 fully saturated rings. The fourth-order valence-electron chi connectivity index (χ4n) is 3.13. The minimum Gasteiger partial charge on any atom is -0.497 e. The second-order valence-electron chi connectivity index (χ2n) is 7.29. The molecule has 0 atom stereocenters. The maximum absolute atomic E-state index is 13.4. The highest BCUT2D eigenvalue weighted by Crippen LogP contribution is 2.28. The molecule has 11 nitrogen and oxygen atoms in total. The van der Waals surface area contributed by atoms with Crippen LogP contribution in [0.4, 0.5) is 10.5 Å². The molecule has 0 radical (unpaired) electrons.